The van der Waals surface area contributed by atoms with E-state index in [1.165, 1.54) is 13.2 Å². The Balaban J connectivity index is 2.50. The Kier molecular flexibility index (Phi) is 5.29. The van der Waals surface area contributed by atoms with E-state index in [1.807, 2.05) is 0 Å². The van der Waals surface area contributed by atoms with Gasteiger partial charge in [0, 0.05) is 11.7 Å². The van der Waals surface area contributed by atoms with Crippen molar-refractivity contribution in [3.63, 3.8) is 0 Å². The van der Waals surface area contributed by atoms with E-state index in [2.05, 4.69) is 15.4 Å². The number of aryl methyl sites for hydroxylation is 1. The van der Waals surface area contributed by atoms with Crippen LogP contribution in [0.4, 0.5) is 14.9 Å². The minimum absolute atomic E-state index is 0.0756. The Hall–Kier alpha value is -2.11. The van der Waals surface area contributed by atoms with Gasteiger partial charge in [-0.15, -0.1) is 0 Å². The van der Waals surface area contributed by atoms with E-state index >= 15 is 0 Å². The molecule has 19 heavy (non-hydrogen) atoms. The lowest BCUT2D eigenvalue weighted by atomic mass is 10.2. The third-order valence-electron chi connectivity index (χ3n) is 2.51. The molecule has 0 aromatic heterocycles. The van der Waals surface area contributed by atoms with Crippen molar-refractivity contribution in [1.82, 2.24) is 5.32 Å². The van der Waals surface area contributed by atoms with Crippen LogP contribution in [0.5, 0.6) is 0 Å². The van der Waals surface area contributed by atoms with Crippen molar-refractivity contribution in [2.24, 2.45) is 0 Å². The standard InChI is InChI=1S/C13H17FN2O3/c1-8-4-5-10(7-11(8)14)16-13(18)15-9(2)6-12(17)19-3/h4-5,7,9H,6H2,1-3H3,(H2,15,16,18). The highest BCUT2D eigenvalue weighted by molar-refractivity contribution is 5.89. The maximum atomic E-state index is 13.3. The van der Waals surface area contributed by atoms with Crippen LogP contribution >= 0.6 is 0 Å². The van der Waals surface area contributed by atoms with E-state index in [4.69, 9.17) is 0 Å². The van der Waals surface area contributed by atoms with Crippen LogP contribution in [-0.4, -0.2) is 25.2 Å². The van der Waals surface area contributed by atoms with Gasteiger partial charge in [0.05, 0.1) is 13.5 Å². The Bertz CT molecular complexity index is 477. The molecule has 0 aliphatic carbocycles. The molecule has 1 aromatic carbocycles. The van der Waals surface area contributed by atoms with Crippen LogP contribution in [0.2, 0.25) is 0 Å². The van der Waals surface area contributed by atoms with Gasteiger partial charge < -0.3 is 15.4 Å². The fourth-order valence-electron chi connectivity index (χ4n) is 1.45. The third-order valence-corrected chi connectivity index (χ3v) is 2.51. The number of methoxy groups -OCH3 is 1. The number of amides is 2. The molecule has 0 radical (unpaired) electrons. The molecule has 1 aromatic rings. The van der Waals surface area contributed by atoms with Gasteiger partial charge in [-0.25, -0.2) is 9.18 Å². The summed E-state index contributed by atoms with van der Waals surface area (Å²) >= 11 is 0. The molecule has 1 unspecified atom stereocenters. The van der Waals surface area contributed by atoms with Crippen molar-refractivity contribution < 1.29 is 18.7 Å². The number of hydrogen-bond donors (Lipinski definition) is 2. The van der Waals surface area contributed by atoms with Crippen molar-refractivity contribution in [1.29, 1.82) is 0 Å². The molecule has 2 amide bonds. The summed E-state index contributed by atoms with van der Waals surface area (Å²) in [4.78, 5) is 22.6. The van der Waals surface area contributed by atoms with Crippen LogP contribution in [-0.2, 0) is 9.53 Å². The van der Waals surface area contributed by atoms with Crippen molar-refractivity contribution >= 4 is 17.7 Å². The number of rotatable bonds is 4. The minimum atomic E-state index is -0.500. The van der Waals surface area contributed by atoms with Crippen LogP contribution in [0.15, 0.2) is 18.2 Å². The largest absolute Gasteiger partial charge is 0.469 e. The predicted molar refractivity (Wildman–Crippen MR) is 69.4 cm³/mol. The Morgan fingerprint density at radius 2 is 2.11 bits per heavy atom. The highest BCUT2D eigenvalue weighted by Crippen LogP contribution is 2.13. The Morgan fingerprint density at radius 3 is 2.68 bits per heavy atom. The topological polar surface area (TPSA) is 67.4 Å². The molecule has 0 spiro atoms. The minimum Gasteiger partial charge on any atom is -0.469 e. The Labute approximate surface area is 111 Å². The van der Waals surface area contributed by atoms with Crippen LogP contribution in [0.25, 0.3) is 0 Å². The molecular formula is C13H17FN2O3. The van der Waals surface area contributed by atoms with Crippen LogP contribution < -0.4 is 10.6 Å². The average Bonchev–Trinajstić information content (AvgIpc) is 2.33. The number of hydrogen-bond acceptors (Lipinski definition) is 3. The molecule has 104 valence electrons. The molecule has 0 saturated carbocycles. The number of benzene rings is 1. The second kappa shape index (κ2) is 6.72. The highest BCUT2D eigenvalue weighted by atomic mass is 19.1. The first-order valence-electron chi connectivity index (χ1n) is 5.83. The van der Waals surface area contributed by atoms with E-state index in [-0.39, 0.29) is 18.3 Å². The summed E-state index contributed by atoms with van der Waals surface area (Å²) in [5.74, 6) is -0.797. The number of ether oxygens (including phenoxy) is 1. The summed E-state index contributed by atoms with van der Waals surface area (Å²) in [5.41, 5.74) is 0.857. The van der Waals surface area contributed by atoms with Crippen molar-refractivity contribution in [2.75, 3.05) is 12.4 Å². The van der Waals surface area contributed by atoms with Gasteiger partial charge in [0.15, 0.2) is 0 Å². The van der Waals surface area contributed by atoms with Gasteiger partial charge in [0.2, 0.25) is 0 Å². The quantitative estimate of drug-likeness (QED) is 0.823. The van der Waals surface area contributed by atoms with Gasteiger partial charge in [-0.3, -0.25) is 4.79 Å². The number of anilines is 1. The van der Waals surface area contributed by atoms with E-state index in [0.29, 0.717) is 11.3 Å². The molecule has 0 fully saturated rings. The molecule has 1 rings (SSSR count). The van der Waals surface area contributed by atoms with Gasteiger partial charge >= 0.3 is 12.0 Å². The second-order valence-corrected chi connectivity index (χ2v) is 4.24. The molecule has 2 N–H and O–H groups in total. The van der Waals surface area contributed by atoms with E-state index in [1.54, 1.807) is 26.0 Å². The SMILES string of the molecule is COC(=O)CC(C)NC(=O)Nc1ccc(C)c(F)c1. The number of carbonyl (C=O) groups is 2. The molecular weight excluding hydrogens is 251 g/mol. The van der Waals surface area contributed by atoms with Crippen LogP contribution in [0.1, 0.15) is 18.9 Å². The molecule has 6 heteroatoms. The van der Waals surface area contributed by atoms with Crippen molar-refractivity contribution in [3.8, 4) is 0 Å². The number of nitrogens with one attached hydrogen (secondary N) is 2. The summed E-state index contributed by atoms with van der Waals surface area (Å²) in [7, 11) is 1.28. The Morgan fingerprint density at radius 1 is 1.42 bits per heavy atom. The number of carbonyl (C=O) groups excluding carboxylic acids is 2. The molecule has 0 saturated heterocycles. The summed E-state index contributed by atoms with van der Waals surface area (Å²) in [6.07, 6.45) is 0.0756. The van der Waals surface area contributed by atoms with Crippen LogP contribution in [0, 0.1) is 12.7 Å². The lowest BCUT2D eigenvalue weighted by molar-refractivity contribution is -0.141. The van der Waals surface area contributed by atoms with E-state index in [9.17, 15) is 14.0 Å². The lowest BCUT2D eigenvalue weighted by Crippen LogP contribution is -2.37. The molecule has 0 aliphatic rings. The van der Waals surface area contributed by atoms with Gasteiger partial charge in [-0.2, -0.15) is 0 Å². The van der Waals surface area contributed by atoms with Gasteiger partial charge in [-0.05, 0) is 31.5 Å². The summed E-state index contributed by atoms with van der Waals surface area (Å²) < 4.78 is 17.8. The number of urea groups is 1. The maximum absolute atomic E-state index is 13.3. The summed E-state index contributed by atoms with van der Waals surface area (Å²) in [6.45, 7) is 3.31. The van der Waals surface area contributed by atoms with Gasteiger partial charge in [0.1, 0.15) is 5.82 Å². The molecule has 0 aliphatic heterocycles. The first-order valence-corrected chi connectivity index (χ1v) is 5.83. The fraction of sp³-hybridized carbons (Fsp3) is 0.385. The predicted octanol–water partition coefficient (Wildman–Crippen LogP) is 2.21. The normalized spacial score (nSPS) is 11.6. The van der Waals surface area contributed by atoms with Crippen LogP contribution in [0.3, 0.4) is 0 Å². The zero-order chi connectivity index (χ0) is 14.4. The highest BCUT2D eigenvalue weighted by Gasteiger charge is 2.12. The molecule has 5 nitrogen and oxygen atoms in total. The lowest BCUT2D eigenvalue weighted by Gasteiger charge is -2.13. The van der Waals surface area contributed by atoms with Crippen molar-refractivity contribution in [2.45, 2.75) is 26.3 Å². The summed E-state index contributed by atoms with van der Waals surface area (Å²) in [5, 5.41) is 5.04. The maximum Gasteiger partial charge on any atom is 0.319 e. The zero-order valence-corrected chi connectivity index (χ0v) is 11.1. The second-order valence-electron chi connectivity index (χ2n) is 4.24. The average molecular weight is 268 g/mol. The zero-order valence-electron chi connectivity index (χ0n) is 11.1. The number of esters is 1. The first-order chi connectivity index (χ1) is 8.92. The third kappa shape index (κ3) is 4.95. The number of halogens is 1. The smallest absolute Gasteiger partial charge is 0.319 e. The molecule has 0 bridgehead atoms. The van der Waals surface area contributed by atoms with Crippen molar-refractivity contribution in [3.05, 3.63) is 29.6 Å². The first kappa shape index (κ1) is 14.9. The van der Waals surface area contributed by atoms with Gasteiger partial charge in [-0.1, -0.05) is 6.07 Å². The van der Waals surface area contributed by atoms with E-state index in [0.717, 1.165) is 0 Å². The van der Waals surface area contributed by atoms with Gasteiger partial charge in [0.25, 0.3) is 0 Å². The fourth-order valence-corrected chi connectivity index (χ4v) is 1.45. The molecule has 0 heterocycles. The monoisotopic (exact) mass is 268 g/mol. The molecule has 1 atom stereocenters. The summed E-state index contributed by atoms with van der Waals surface area (Å²) in [6, 6.07) is 3.54. The van der Waals surface area contributed by atoms with E-state index < -0.39 is 12.0 Å².